The first-order chi connectivity index (χ1) is 29.0. The van der Waals surface area contributed by atoms with Crippen molar-refractivity contribution >= 4 is 75.9 Å². The lowest BCUT2D eigenvalue weighted by atomic mass is 9.81. The number of aromatic nitrogens is 3. The number of fused-ring (bicyclic) bond motifs is 15. The van der Waals surface area contributed by atoms with E-state index >= 15 is 0 Å². The normalized spacial score (nSPS) is 13.4. The lowest BCUT2D eigenvalue weighted by Crippen LogP contribution is -2.15. The van der Waals surface area contributed by atoms with Crippen LogP contribution in [0.5, 0.6) is 0 Å². The molecule has 276 valence electrons. The van der Waals surface area contributed by atoms with Gasteiger partial charge in [-0.15, -0.1) is 0 Å². The zero-order valence-corrected chi connectivity index (χ0v) is 32.7. The van der Waals surface area contributed by atoms with Crippen LogP contribution in [0.1, 0.15) is 25.0 Å². The molecule has 0 aliphatic heterocycles. The molecule has 0 fully saturated rings. The summed E-state index contributed by atoms with van der Waals surface area (Å²) in [4.78, 5) is 5.69. The molecular formula is C56H37N3. The van der Waals surface area contributed by atoms with Gasteiger partial charge >= 0.3 is 0 Å². The van der Waals surface area contributed by atoms with Gasteiger partial charge < -0.3 is 9.13 Å². The maximum Gasteiger partial charge on any atom is 0.0753 e. The molecule has 3 aromatic heterocycles. The molecule has 0 bridgehead atoms. The van der Waals surface area contributed by atoms with Crippen molar-refractivity contribution in [3.8, 4) is 33.9 Å². The summed E-state index contributed by atoms with van der Waals surface area (Å²) >= 11 is 0. The number of hydrogen-bond acceptors (Lipinski definition) is 1. The third-order valence-corrected chi connectivity index (χ3v) is 13.3. The first-order valence-corrected chi connectivity index (χ1v) is 20.6. The Morgan fingerprint density at radius 2 is 0.746 bits per heavy atom. The van der Waals surface area contributed by atoms with Crippen LogP contribution >= 0.6 is 0 Å². The van der Waals surface area contributed by atoms with Gasteiger partial charge in [0.05, 0.1) is 33.5 Å². The second-order valence-electron chi connectivity index (χ2n) is 16.7. The molecule has 0 unspecified atom stereocenters. The van der Waals surface area contributed by atoms with E-state index in [-0.39, 0.29) is 5.41 Å². The molecule has 0 saturated carbocycles. The predicted octanol–water partition coefficient (Wildman–Crippen LogP) is 14.7. The van der Waals surface area contributed by atoms with E-state index in [4.69, 9.17) is 4.98 Å². The van der Waals surface area contributed by atoms with Crippen LogP contribution in [0.15, 0.2) is 188 Å². The van der Waals surface area contributed by atoms with E-state index in [2.05, 4.69) is 211 Å². The molecule has 12 aromatic rings. The van der Waals surface area contributed by atoms with Crippen LogP contribution in [0.4, 0.5) is 0 Å². The second-order valence-corrected chi connectivity index (χ2v) is 16.7. The summed E-state index contributed by atoms with van der Waals surface area (Å²) in [5, 5.41) is 12.7. The maximum atomic E-state index is 5.69. The fraction of sp³-hybridized carbons (Fsp3) is 0.0536. The molecule has 0 spiro atoms. The molecule has 0 atom stereocenters. The Balaban J connectivity index is 1.09. The van der Waals surface area contributed by atoms with Crippen LogP contribution in [-0.2, 0) is 5.41 Å². The molecule has 1 aliphatic carbocycles. The highest BCUT2D eigenvalue weighted by molar-refractivity contribution is 6.26. The van der Waals surface area contributed by atoms with Crippen molar-refractivity contribution in [1.82, 2.24) is 14.1 Å². The van der Waals surface area contributed by atoms with Crippen molar-refractivity contribution in [2.45, 2.75) is 19.3 Å². The number of pyridine rings is 1. The smallest absolute Gasteiger partial charge is 0.0753 e. The molecule has 3 nitrogen and oxygen atoms in total. The van der Waals surface area contributed by atoms with Crippen LogP contribution < -0.4 is 0 Å². The molecule has 3 heteroatoms. The summed E-state index contributed by atoms with van der Waals surface area (Å²) in [6.07, 6.45) is 0. The molecule has 0 radical (unpaired) electrons. The van der Waals surface area contributed by atoms with Crippen molar-refractivity contribution in [1.29, 1.82) is 0 Å². The molecule has 3 heterocycles. The Kier molecular flexibility index (Phi) is 6.51. The first-order valence-electron chi connectivity index (χ1n) is 20.6. The van der Waals surface area contributed by atoms with Gasteiger partial charge in [0.15, 0.2) is 0 Å². The van der Waals surface area contributed by atoms with Gasteiger partial charge in [0, 0.05) is 49.5 Å². The fourth-order valence-corrected chi connectivity index (χ4v) is 10.5. The van der Waals surface area contributed by atoms with Gasteiger partial charge in [0.1, 0.15) is 0 Å². The van der Waals surface area contributed by atoms with Crippen LogP contribution in [0.3, 0.4) is 0 Å². The second kappa shape index (κ2) is 11.8. The minimum atomic E-state index is -0.212. The zero-order valence-electron chi connectivity index (χ0n) is 32.7. The van der Waals surface area contributed by atoms with Gasteiger partial charge in [-0.1, -0.05) is 141 Å². The Hall–Kier alpha value is -7.49. The van der Waals surface area contributed by atoms with Crippen LogP contribution in [0.2, 0.25) is 0 Å². The quantitative estimate of drug-likeness (QED) is 0.165. The van der Waals surface area contributed by atoms with E-state index in [0.29, 0.717) is 0 Å². The monoisotopic (exact) mass is 751 g/mol. The van der Waals surface area contributed by atoms with Crippen LogP contribution in [0, 0.1) is 0 Å². The average molecular weight is 752 g/mol. The topological polar surface area (TPSA) is 22.8 Å². The standard InChI is InChI=1S/C56H37N3/c1-56(2)48-27-28-50(57-55(48)47-32-45-39-17-5-3-15-37(39)38-16-4-6-18-40(38)46(45)33-49(47)56)34-29-35(58-51-23-11-7-19-41(51)42-20-8-12-24-52(42)58)31-36(30-34)59-53-25-13-9-21-43(53)44-22-10-14-26-54(44)59/h3-33H,1-2H3. The van der Waals surface area contributed by atoms with Gasteiger partial charge in [-0.25, -0.2) is 4.98 Å². The molecule has 9 aromatic carbocycles. The Labute approximate surface area is 341 Å². The van der Waals surface area contributed by atoms with Crippen molar-refractivity contribution in [2.75, 3.05) is 0 Å². The number of benzene rings is 9. The summed E-state index contributed by atoms with van der Waals surface area (Å²) in [6, 6.07) is 69.3. The largest absolute Gasteiger partial charge is 0.309 e. The van der Waals surface area contributed by atoms with E-state index < -0.39 is 0 Å². The lowest BCUT2D eigenvalue weighted by molar-refractivity contribution is 0.660. The summed E-state index contributed by atoms with van der Waals surface area (Å²) in [5.41, 5.74) is 13.6. The zero-order chi connectivity index (χ0) is 39.0. The molecule has 1 aliphatic rings. The van der Waals surface area contributed by atoms with E-state index in [1.807, 2.05) is 0 Å². The number of hydrogen-bond donors (Lipinski definition) is 0. The van der Waals surface area contributed by atoms with E-state index in [9.17, 15) is 0 Å². The summed E-state index contributed by atoms with van der Waals surface area (Å²) in [6.45, 7) is 4.72. The molecule has 13 rings (SSSR count). The molecule has 59 heavy (non-hydrogen) atoms. The van der Waals surface area contributed by atoms with Crippen molar-refractivity contribution in [3.63, 3.8) is 0 Å². The Bertz CT molecular complexity index is 3530. The van der Waals surface area contributed by atoms with Gasteiger partial charge in [0.25, 0.3) is 0 Å². The highest BCUT2D eigenvalue weighted by atomic mass is 15.0. The minimum absolute atomic E-state index is 0.212. The van der Waals surface area contributed by atoms with E-state index in [1.165, 1.54) is 92.6 Å². The summed E-state index contributed by atoms with van der Waals surface area (Å²) in [5.74, 6) is 0. The van der Waals surface area contributed by atoms with Crippen molar-refractivity contribution in [2.24, 2.45) is 0 Å². The number of para-hydroxylation sites is 4. The number of nitrogens with zero attached hydrogens (tertiary/aromatic N) is 3. The average Bonchev–Trinajstić information content (AvgIpc) is 3.89. The highest BCUT2D eigenvalue weighted by Gasteiger charge is 2.37. The van der Waals surface area contributed by atoms with Crippen LogP contribution in [-0.4, -0.2) is 14.1 Å². The van der Waals surface area contributed by atoms with Crippen LogP contribution in [0.25, 0.3) is 110 Å². The molecule has 0 N–H and O–H groups in total. The maximum absolute atomic E-state index is 5.69. The third-order valence-electron chi connectivity index (χ3n) is 13.3. The summed E-state index contributed by atoms with van der Waals surface area (Å²) in [7, 11) is 0. The van der Waals surface area contributed by atoms with Gasteiger partial charge in [0.2, 0.25) is 0 Å². The fourth-order valence-electron chi connectivity index (χ4n) is 10.5. The van der Waals surface area contributed by atoms with Crippen molar-refractivity contribution < 1.29 is 0 Å². The summed E-state index contributed by atoms with van der Waals surface area (Å²) < 4.78 is 4.86. The molecular weight excluding hydrogens is 715 g/mol. The minimum Gasteiger partial charge on any atom is -0.309 e. The first kappa shape index (κ1) is 32.6. The van der Waals surface area contributed by atoms with E-state index in [1.54, 1.807) is 0 Å². The van der Waals surface area contributed by atoms with Gasteiger partial charge in [-0.3, -0.25) is 0 Å². The highest BCUT2D eigenvalue weighted by Crippen LogP contribution is 2.51. The van der Waals surface area contributed by atoms with Gasteiger partial charge in [-0.05, 0) is 104 Å². The predicted molar refractivity (Wildman–Crippen MR) is 248 cm³/mol. The molecule has 0 amide bonds. The third kappa shape index (κ3) is 4.45. The SMILES string of the molecule is CC1(C)c2cc3c4ccccc4c4ccccc4c3cc2-c2nc(-c3cc(-n4c5ccccc5c5ccccc54)cc(-n4c5ccccc5c5ccccc54)c3)ccc21. The van der Waals surface area contributed by atoms with Crippen molar-refractivity contribution in [3.05, 3.63) is 199 Å². The molecule has 0 saturated heterocycles. The lowest BCUT2D eigenvalue weighted by Gasteiger charge is -2.22. The number of rotatable bonds is 3. The Morgan fingerprint density at radius 3 is 1.20 bits per heavy atom. The van der Waals surface area contributed by atoms with E-state index in [0.717, 1.165) is 28.3 Å². The Morgan fingerprint density at radius 1 is 0.356 bits per heavy atom. The van der Waals surface area contributed by atoms with Gasteiger partial charge in [-0.2, -0.15) is 0 Å².